The van der Waals surface area contributed by atoms with Crippen molar-refractivity contribution in [3.63, 3.8) is 0 Å². The molecular formula is C20H27N5O2. The van der Waals surface area contributed by atoms with E-state index in [0.29, 0.717) is 37.4 Å². The molecule has 1 heterocycles. The summed E-state index contributed by atoms with van der Waals surface area (Å²) in [5.74, 6) is 1.32. The van der Waals surface area contributed by atoms with Gasteiger partial charge in [0.15, 0.2) is 5.96 Å². The van der Waals surface area contributed by atoms with E-state index < -0.39 is 0 Å². The number of benzene rings is 1. The molecule has 0 bridgehead atoms. The van der Waals surface area contributed by atoms with E-state index in [1.165, 1.54) is 12.8 Å². The van der Waals surface area contributed by atoms with Gasteiger partial charge in [0.1, 0.15) is 6.26 Å². The molecule has 2 aromatic rings. The quantitative estimate of drug-likeness (QED) is 0.515. The van der Waals surface area contributed by atoms with Crippen molar-refractivity contribution in [2.45, 2.75) is 44.7 Å². The number of rotatable bonds is 7. The van der Waals surface area contributed by atoms with Gasteiger partial charge < -0.3 is 20.4 Å². The molecule has 0 spiro atoms. The van der Waals surface area contributed by atoms with Gasteiger partial charge in [0, 0.05) is 31.6 Å². The number of aliphatic imine (C=N–C) groups is 1. The van der Waals surface area contributed by atoms with Crippen LogP contribution in [0.25, 0.3) is 11.5 Å². The Morgan fingerprint density at radius 3 is 2.74 bits per heavy atom. The summed E-state index contributed by atoms with van der Waals surface area (Å²) < 4.78 is 5.53. The highest BCUT2D eigenvalue weighted by Crippen LogP contribution is 2.18. The first-order valence-electron chi connectivity index (χ1n) is 9.48. The topological polar surface area (TPSA) is 91.5 Å². The van der Waals surface area contributed by atoms with Crippen LogP contribution in [-0.2, 0) is 11.3 Å². The van der Waals surface area contributed by atoms with Gasteiger partial charge in [-0.05, 0) is 25.0 Å². The maximum absolute atomic E-state index is 12.0. The van der Waals surface area contributed by atoms with Crippen molar-refractivity contribution in [1.29, 1.82) is 0 Å². The van der Waals surface area contributed by atoms with Gasteiger partial charge in [-0.25, -0.2) is 4.98 Å². The predicted molar refractivity (Wildman–Crippen MR) is 105 cm³/mol. The fraction of sp³-hybridized carbons (Fsp3) is 0.450. The van der Waals surface area contributed by atoms with E-state index in [-0.39, 0.29) is 5.91 Å². The van der Waals surface area contributed by atoms with Crippen LogP contribution in [0.2, 0.25) is 0 Å². The normalized spacial score (nSPS) is 14.9. The maximum atomic E-state index is 12.0. The van der Waals surface area contributed by atoms with E-state index in [1.807, 2.05) is 30.3 Å². The lowest BCUT2D eigenvalue weighted by atomic mass is 10.2. The van der Waals surface area contributed by atoms with Gasteiger partial charge in [-0.3, -0.25) is 9.79 Å². The molecule has 0 aliphatic heterocycles. The second-order valence-corrected chi connectivity index (χ2v) is 6.66. The number of amides is 1. The van der Waals surface area contributed by atoms with Gasteiger partial charge in [-0.2, -0.15) is 0 Å². The van der Waals surface area contributed by atoms with Crippen LogP contribution in [-0.4, -0.2) is 36.5 Å². The Kier molecular flexibility index (Phi) is 6.84. The van der Waals surface area contributed by atoms with Crippen LogP contribution in [0.3, 0.4) is 0 Å². The van der Waals surface area contributed by atoms with Crippen molar-refractivity contribution in [3.05, 3.63) is 42.3 Å². The Morgan fingerprint density at radius 1 is 1.22 bits per heavy atom. The Morgan fingerprint density at radius 2 is 2.00 bits per heavy atom. The van der Waals surface area contributed by atoms with E-state index in [0.717, 1.165) is 24.1 Å². The fourth-order valence-corrected chi connectivity index (χ4v) is 3.16. The van der Waals surface area contributed by atoms with Crippen molar-refractivity contribution in [2.75, 3.05) is 13.6 Å². The number of hydrogen-bond acceptors (Lipinski definition) is 4. The summed E-state index contributed by atoms with van der Waals surface area (Å²) in [6, 6.07) is 10.1. The number of hydrogen-bond donors (Lipinski definition) is 3. The number of carbonyl (C=O) groups excluding carboxylic acids is 1. The highest BCUT2D eigenvalue weighted by molar-refractivity contribution is 5.81. The van der Waals surface area contributed by atoms with Gasteiger partial charge in [-0.1, -0.05) is 31.0 Å². The molecule has 7 heteroatoms. The highest BCUT2D eigenvalue weighted by Gasteiger charge is 2.16. The SMILES string of the molecule is CN=C(NCCC(=O)NC1CCCC1)NCc1coc(-c2ccccc2)n1. The summed E-state index contributed by atoms with van der Waals surface area (Å²) in [5, 5.41) is 9.42. The molecule has 1 aliphatic rings. The number of aromatic nitrogens is 1. The van der Waals surface area contributed by atoms with Gasteiger partial charge in [0.2, 0.25) is 11.8 Å². The molecular weight excluding hydrogens is 342 g/mol. The first-order chi connectivity index (χ1) is 13.2. The molecule has 0 unspecified atom stereocenters. The van der Waals surface area contributed by atoms with E-state index in [1.54, 1.807) is 13.3 Å². The summed E-state index contributed by atoms with van der Waals surface area (Å²) in [5.41, 5.74) is 1.73. The van der Waals surface area contributed by atoms with Crippen molar-refractivity contribution >= 4 is 11.9 Å². The lowest BCUT2D eigenvalue weighted by molar-refractivity contribution is -0.121. The minimum atomic E-state index is 0.0915. The highest BCUT2D eigenvalue weighted by atomic mass is 16.3. The zero-order valence-electron chi connectivity index (χ0n) is 15.7. The third-order valence-electron chi connectivity index (χ3n) is 4.60. The van der Waals surface area contributed by atoms with E-state index in [2.05, 4.69) is 25.9 Å². The van der Waals surface area contributed by atoms with Crippen molar-refractivity contribution in [1.82, 2.24) is 20.9 Å². The molecule has 7 nitrogen and oxygen atoms in total. The summed E-state index contributed by atoms with van der Waals surface area (Å²) in [6.07, 6.45) is 6.70. The van der Waals surface area contributed by atoms with E-state index in [4.69, 9.17) is 4.42 Å². The first kappa shape index (κ1) is 18.9. The molecule has 3 rings (SSSR count). The van der Waals surface area contributed by atoms with Gasteiger partial charge in [0.05, 0.1) is 12.2 Å². The second-order valence-electron chi connectivity index (χ2n) is 6.66. The predicted octanol–water partition coefficient (Wildman–Crippen LogP) is 2.46. The lowest BCUT2D eigenvalue weighted by Crippen LogP contribution is -2.40. The van der Waals surface area contributed by atoms with Crippen LogP contribution < -0.4 is 16.0 Å². The Hall–Kier alpha value is -2.83. The van der Waals surface area contributed by atoms with Gasteiger partial charge >= 0.3 is 0 Å². The average Bonchev–Trinajstić information content (AvgIpc) is 3.37. The Labute approximate surface area is 159 Å². The molecule has 1 fully saturated rings. The molecule has 1 amide bonds. The fourth-order valence-electron chi connectivity index (χ4n) is 3.16. The van der Waals surface area contributed by atoms with Crippen LogP contribution in [0.15, 0.2) is 46.0 Å². The minimum Gasteiger partial charge on any atom is -0.444 e. The lowest BCUT2D eigenvalue weighted by Gasteiger charge is -2.13. The van der Waals surface area contributed by atoms with Crippen LogP contribution in [0.1, 0.15) is 37.8 Å². The Bertz CT molecular complexity index is 751. The molecule has 1 aromatic heterocycles. The molecule has 1 aromatic carbocycles. The van der Waals surface area contributed by atoms with Gasteiger partial charge in [-0.15, -0.1) is 0 Å². The van der Waals surface area contributed by atoms with Crippen molar-refractivity contribution in [2.24, 2.45) is 4.99 Å². The molecule has 144 valence electrons. The molecule has 27 heavy (non-hydrogen) atoms. The first-order valence-corrected chi connectivity index (χ1v) is 9.48. The van der Waals surface area contributed by atoms with E-state index in [9.17, 15) is 4.79 Å². The number of nitrogens with one attached hydrogen (secondary N) is 3. The molecule has 1 aliphatic carbocycles. The smallest absolute Gasteiger partial charge is 0.226 e. The zero-order chi connectivity index (χ0) is 18.9. The third kappa shape index (κ3) is 5.84. The molecule has 1 saturated carbocycles. The number of carbonyl (C=O) groups is 1. The van der Waals surface area contributed by atoms with Crippen molar-refractivity contribution < 1.29 is 9.21 Å². The summed E-state index contributed by atoms with van der Waals surface area (Å²) in [7, 11) is 1.70. The summed E-state index contributed by atoms with van der Waals surface area (Å²) in [6.45, 7) is 1.02. The molecule has 0 atom stereocenters. The average molecular weight is 369 g/mol. The van der Waals surface area contributed by atoms with Crippen LogP contribution in [0, 0.1) is 0 Å². The monoisotopic (exact) mass is 369 g/mol. The minimum absolute atomic E-state index is 0.0915. The molecule has 0 saturated heterocycles. The Balaban J connectivity index is 1.39. The van der Waals surface area contributed by atoms with Gasteiger partial charge in [0.25, 0.3) is 0 Å². The van der Waals surface area contributed by atoms with Crippen LogP contribution >= 0.6 is 0 Å². The molecule has 3 N–H and O–H groups in total. The van der Waals surface area contributed by atoms with E-state index >= 15 is 0 Å². The number of nitrogens with zero attached hydrogens (tertiary/aromatic N) is 2. The zero-order valence-corrected chi connectivity index (χ0v) is 15.7. The summed E-state index contributed by atoms with van der Waals surface area (Å²) >= 11 is 0. The van der Waals surface area contributed by atoms with Crippen LogP contribution in [0.5, 0.6) is 0 Å². The third-order valence-corrected chi connectivity index (χ3v) is 4.60. The molecule has 0 radical (unpaired) electrons. The van der Waals surface area contributed by atoms with Crippen LogP contribution in [0.4, 0.5) is 0 Å². The number of oxazole rings is 1. The summed E-state index contributed by atoms with van der Waals surface area (Å²) in [4.78, 5) is 20.6. The largest absolute Gasteiger partial charge is 0.444 e. The maximum Gasteiger partial charge on any atom is 0.226 e. The standard InChI is InChI=1S/C20H27N5O2/c1-21-20(22-12-11-18(26)24-16-9-5-6-10-16)23-13-17-14-27-19(25-17)15-7-3-2-4-8-15/h2-4,7-8,14,16H,5-6,9-13H2,1H3,(H,24,26)(H2,21,22,23). The van der Waals surface area contributed by atoms with Crippen molar-refractivity contribution in [3.8, 4) is 11.5 Å². The number of guanidine groups is 1. The second kappa shape index (κ2) is 9.75.